The van der Waals surface area contributed by atoms with Gasteiger partial charge in [-0.2, -0.15) is 5.10 Å². The third-order valence-corrected chi connectivity index (χ3v) is 5.37. The van der Waals surface area contributed by atoms with Gasteiger partial charge in [-0.25, -0.2) is 14.6 Å². The molecular formula is C18H28N6OS. The lowest BCUT2D eigenvalue weighted by molar-refractivity contribution is -0.124. The van der Waals surface area contributed by atoms with Crippen molar-refractivity contribution >= 4 is 34.5 Å². The number of amides is 1. The van der Waals surface area contributed by atoms with Gasteiger partial charge in [0.2, 0.25) is 5.91 Å². The minimum Gasteiger partial charge on any atom is -0.369 e. The SMILES string of the molecule is CCCNc1nc(SCC)nc2c1cnn2CCNC(=O)C1CCCC1. The van der Waals surface area contributed by atoms with Crippen molar-refractivity contribution < 1.29 is 4.79 Å². The largest absolute Gasteiger partial charge is 0.369 e. The monoisotopic (exact) mass is 376 g/mol. The van der Waals surface area contributed by atoms with E-state index in [4.69, 9.17) is 0 Å². The Hall–Kier alpha value is -1.83. The van der Waals surface area contributed by atoms with Gasteiger partial charge in [-0.15, -0.1) is 0 Å². The van der Waals surface area contributed by atoms with Crippen molar-refractivity contribution in [3.05, 3.63) is 6.20 Å². The van der Waals surface area contributed by atoms with E-state index in [0.29, 0.717) is 13.1 Å². The molecule has 3 rings (SSSR count). The normalized spacial score (nSPS) is 14.8. The second kappa shape index (κ2) is 9.21. The number of aromatic nitrogens is 4. The van der Waals surface area contributed by atoms with Crippen molar-refractivity contribution in [2.75, 3.05) is 24.2 Å². The maximum Gasteiger partial charge on any atom is 0.223 e. The van der Waals surface area contributed by atoms with Gasteiger partial charge in [-0.3, -0.25) is 4.79 Å². The van der Waals surface area contributed by atoms with E-state index in [1.54, 1.807) is 11.8 Å². The van der Waals surface area contributed by atoms with Crippen molar-refractivity contribution in [2.24, 2.45) is 5.92 Å². The predicted molar refractivity (Wildman–Crippen MR) is 105 cm³/mol. The molecule has 0 saturated heterocycles. The molecule has 2 N–H and O–H groups in total. The van der Waals surface area contributed by atoms with E-state index in [1.807, 2.05) is 10.9 Å². The summed E-state index contributed by atoms with van der Waals surface area (Å²) in [4.78, 5) is 21.5. The molecule has 1 amide bonds. The number of carbonyl (C=O) groups is 1. The van der Waals surface area contributed by atoms with Gasteiger partial charge in [0.05, 0.1) is 18.1 Å². The average molecular weight is 377 g/mol. The summed E-state index contributed by atoms with van der Waals surface area (Å²) in [5.41, 5.74) is 0.824. The molecule has 0 aromatic carbocycles. The molecule has 0 aliphatic heterocycles. The van der Waals surface area contributed by atoms with Crippen LogP contribution in [0.25, 0.3) is 11.0 Å². The fourth-order valence-corrected chi connectivity index (χ4v) is 3.85. The van der Waals surface area contributed by atoms with Gasteiger partial charge in [0.1, 0.15) is 5.82 Å². The molecular weight excluding hydrogens is 348 g/mol. The third-order valence-electron chi connectivity index (χ3n) is 4.64. The molecule has 2 aromatic heterocycles. The minimum absolute atomic E-state index is 0.182. The number of rotatable bonds is 9. The summed E-state index contributed by atoms with van der Waals surface area (Å²) in [5, 5.41) is 12.6. The number of anilines is 1. The lowest BCUT2D eigenvalue weighted by Gasteiger charge is -2.11. The van der Waals surface area contributed by atoms with Gasteiger partial charge in [0.15, 0.2) is 10.8 Å². The number of thioether (sulfide) groups is 1. The van der Waals surface area contributed by atoms with Crippen LogP contribution in [0.5, 0.6) is 0 Å². The maximum absolute atomic E-state index is 12.2. The molecule has 0 bridgehead atoms. The average Bonchev–Trinajstić information content (AvgIpc) is 3.30. The van der Waals surface area contributed by atoms with Gasteiger partial charge >= 0.3 is 0 Å². The molecule has 8 heteroatoms. The van der Waals surface area contributed by atoms with Crippen molar-refractivity contribution in [3.63, 3.8) is 0 Å². The van der Waals surface area contributed by atoms with E-state index >= 15 is 0 Å². The van der Waals surface area contributed by atoms with Crippen LogP contribution in [0.4, 0.5) is 5.82 Å². The van der Waals surface area contributed by atoms with Crippen LogP contribution in [-0.4, -0.2) is 44.5 Å². The molecule has 2 aromatic rings. The number of nitrogens with one attached hydrogen (secondary N) is 2. The summed E-state index contributed by atoms with van der Waals surface area (Å²) >= 11 is 1.62. The molecule has 1 aliphatic rings. The molecule has 0 unspecified atom stereocenters. The molecule has 7 nitrogen and oxygen atoms in total. The fourth-order valence-electron chi connectivity index (χ4n) is 3.29. The molecule has 1 aliphatic carbocycles. The Balaban J connectivity index is 1.71. The van der Waals surface area contributed by atoms with E-state index in [9.17, 15) is 4.79 Å². The third kappa shape index (κ3) is 4.47. The lowest BCUT2D eigenvalue weighted by Crippen LogP contribution is -2.32. The van der Waals surface area contributed by atoms with E-state index in [-0.39, 0.29) is 11.8 Å². The Morgan fingerprint density at radius 1 is 1.27 bits per heavy atom. The molecule has 2 heterocycles. The summed E-state index contributed by atoms with van der Waals surface area (Å²) in [7, 11) is 0. The molecule has 142 valence electrons. The van der Waals surface area contributed by atoms with Crippen molar-refractivity contribution in [1.82, 2.24) is 25.1 Å². The first kappa shape index (κ1) is 18.9. The first-order chi connectivity index (χ1) is 12.7. The summed E-state index contributed by atoms with van der Waals surface area (Å²) < 4.78 is 1.86. The summed E-state index contributed by atoms with van der Waals surface area (Å²) in [5.74, 6) is 2.14. The van der Waals surface area contributed by atoms with E-state index < -0.39 is 0 Å². The Morgan fingerprint density at radius 3 is 2.81 bits per heavy atom. The summed E-state index contributed by atoms with van der Waals surface area (Å²) in [6, 6.07) is 0. The van der Waals surface area contributed by atoms with Crippen LogP contribution in [0.1, 0.15) is 46.0 Å². The second-order valence-electron chi connectivity index (χ2n) is 6.59. The van der Waals surface area contributed by atoms with Crippen LogP contribution in [0.15, 0.2) is 11.4 Å². The fraction of sp³-hybridized carbons (Fsp3) is 0.667. The lowest BCUT2D eigenvalue weighted by atomic mass is 10.1. The number of carbonyl (C=O) groups excluding carboxylic acids is 1. The van der Waals surface area contributed by atoms with Gasteiger partial charge in [0, 0.05) is 19.0 Å². The second-order valence-corrected chi connectivity index (χ2v) is 7.82. The number of hydrogen-bond acceptors (Lipinski definition) is 6. The first-order valence-corrected chi connectivity index (χ1v) is 10.6. The summed E-state index contributed by atoms with van der Waals surface area (Å²) in [6.45, 7) is 6.27. The Labute approximate surface area is 158 Å². The van der Waals surface area contributed by atoms with Crippen LogP contribution < -0.4 is 10.6 Å². The number of fused-ring (bicyclic) bond motifs is 1. The maximum atomic E-state index is 12.2. The molecule has 0 radical (unpaired) electrons. The van der Waals surface area contributed by atoms with Crippen molar-refractivity contribution in [1.29, 1.82) is 0 Å². The Bertz CT molecular complexity index is 741. The topological polar surface area (TPSA) is 84.7 Å². The zero-order valence-corrected chi connectivity index (χ0v) is 16.4. The Kier molecular flexibility index (Phi) is 6.71. The summed E-state index contributed by atoms with van der Waals surface area (Å²) in [6.07, 6.45) is 7.23. The number of nitrogens with zero attached hydrogens (tertiary/aromatic N) is 4. The molecule has 1 saturated carbocycles. The highest BCUT2D eigenvalue weighted by Crippen LogP contribution is 2.25. The van der Waals surface area contributed by atoms with Crippen LogP contribution in [-0.2, 0) is 11.3 Å². The van der Waals surface area contributed by atoms with Crippen LogP contribution in [0.2, 0.25) is 0 Å². The molecule has 0 atom stereocenters. The van der Waals surface area contributed by atoms with Gasteiger partial charge in [0.25, 0.3) is 0 Å². The highest BCUT2D eigenvalue weighted by molar-refractivity contribution is 7.99. The van der Waals surface area contributed by atoms with Gasteiger partial charge < -0.3 is 10.6 Å². The van der Waals surface area contributed by atoms with E-state index in [0.717, 1.165) is 53.6 Å². The van der Waals surface area contributed by atoms with Crippen molar-refractivity contribution in [2.45, 2.75) is 57.7 Å². The highest BCUT2D eigenvalue weighted by Gasteiger charge is 2.22. The zero-order valence-electron chi connectivity index (χ0n) is 15.6. The zero-order chi connectivity index (χ0) is 18.4. The minimum atomic E-state index is 0.182. The molecule has 1 fully saturated rings. The highest BCUT2D eigenvalue weighted by atomic mass is 32.2. The predicted octanol–water partition coefficient (Wildman–Crippen LogP) is 3.07. The smallest absolute Gasteiger partial charge is 0.223 e. The van der Waals surface area contributed by atoms with Crippen LogP contribution in [0, 0.1) is 5.92 Å². The van der Waals surface area contributed by atoms with Crippen LogP contribution in [0.3, 0.4) is 0 Å². The quantitative estimate of drug-likeness (QED) is 0.517. The van der Waals surface area contributed by atoms with E-state index in [1.165, 1.54) is 12.8 Å². The van der Waals surface area contributed by atoms with Gasteiger partial charge in [-0.05, 0) is 25.0 Å². The standard InChI is InChI=1S/C18H28N6OS/c1-3-9-19-15-14-12-21-24(16(14)23-18(22-15)26-4-2)11-10-20-17(25)13-7-5-6-8-13/h12-13H,3-11H2,1-2H3,(H,20,25)(H,19,22,23). The molecule has 0 spiro atoms. The van der Waals surface area contributed by atoms with Crippen LogP contribution >= 0.6 is 11.8 Å². The Morgan fingerprint density at radius 2 is 2.08 bits per heavy atom. The van der Waals surface area contributed by atoms with Crippen molar-refractivity contribution in [3.8, 4) is 0 Å². The molecule has 26 heavy (non-hydrogen) atoms. The first-order valence-electron chi connectivity index (χ1n) is 9.60. The van der Waals surface area contributed by atoms with Gasteiger partial charge in [-0.1, -0.05) is 38.5 Å². The number of hydrogen-bond donors (Lipinski definition) is 2. The van der Waals surface area contributed by atoms with E-state index in [2.05, 4.69) is 39.5 Å².